The number of fused-ring (bicyclic) bond motifs is 1. The fraction of sp³-hybridized carbons (Fsp3) is 0.688. The molecule has 0 radical (unpaired) electrons. The van der Waals surface area contributed by atoms with Crippen molar-refractivity contribution in [3.63, 3.8) is 0 Å². The number of rotatable bonds is 5. The van der Waals surface area contributed by atoms with E-state index in [1.54, 1.807) is 11.2 Å². The number of carbonyl (C=O) groups excluding carboxylic acids is 1. The Balaban J connectivity index is 2.11. The van der Waals surface area contributed by atoms with Crippen LogP contribution in [0.1, 0.15) is 50.5 Å². The van der Waals surface area contributed by atoms with Crippen LogP contribution in [0, 0.1) is 5.92 Å². The minimum absolute atomic E-state index is 0.115. The van der Waals surface area contributed by atoms with Crippen molar-refractivity contribution in [2.24, 2.45) is 5.92 Å². The highest BCUT2D eigenvalue weighted by Crippen LogP contribution is 2.31. The zero-order valence-corrected chi connectivity index (χ0v) is 13.0. The lowest BCUT2D eigenvalue weighted by Crippen LogP contribution is -2.46. The van der Waals surface area contributed by atoms with Crippen LogP contribution in [0.4, 0.5) is 0 Å². The molecule has 0 saturated heterocycles. The molecule has 0 saturated carbocycles. The van der Waals surface area contributed by atoms with Gasteiger partial charge in [0.15, 0.2) is 0 Å². The second-order valence-corrected chi connectivity index (χ2v) is 6.33. The van der Waals surface area contributed by atoms with E-state index in [2.05, 4.69) is 19.2 Å². The molecule has 0 aliphatic heterocycles. The van der Waals surface area contributed by atoms with Crippen LogP contribution in [0.5, 0.6) is 0 Å². The molecule has 4 heteroatoms. The molecular formula is C16H26N2O2. The van der Waals surface area contributed by atoms with Gasteiger partial charge in [0, 0.05) is 32.1 Å². The Morgan fingerprint density at radius 3 is 2.90 bits per heavy atom. The Hall–Kier alpha value is -1.29. The molecule has 1 N–H and O–H groups in total. The molecule has 1 amide bonds. The Labute approximate surface area is 121 Å². The van der Waals surface area contributed by atoms with Crippen molar-refractivity contribution in [2.45, 2.75) is 51.6 Å². The van der Waals surface area contributed by atoms with Crippen molar-refractivity contribution < 1.29 is 9.21 Å². The van der Waals surface area contributed by atoms with Crippen molar-refractivity contribution in [1.82, 2.24) is 10.2 Å². The standard InChI is InChI=1S/C16H26N2O2/c1-11(2)10-14(16(19)18(3)4)17-13-6-5-7-15-12(13)8-9-20-15/h8-9,11,13-14,17H,5-7,10H2,1-4H3. The first-order valence-electron chi connectivity index (χ1n) is 7.52. The maximum Gasteiger partial charge on any atom is 0.239 e. The number of likely N-dealkylation sites (N-methyl/N-ethyl adjacent to an activating group) is 1. The lowest BCUT2D eigenvalue weighted by molar-refractivity contribution is -0.131. The van der Waals surface area contributed by atoms with E-state index in [9.17, 15) is 4.79 Å². The van der Waals surface area contributed by atoms with Gasteiger partial charge in [-0.05, 0) is 31.2 Å². The summed E-state index contributed by atoms with van der Waals surface area (Å²) in [5.41, 5.74) is 1.23. The Bertz CT molecular complexity index is 451. The van der Waals surface area contributed by atoms with Gasteiger partial charge in [-0.2, -0.15) is 0 Å². The van der Waals surface area contributed by atoms with Crippen LogP contribution in [0.2, 0.25) is 0 Å². The molecule has 1 aliphatic rings. The molecule has 0 fully saturated rings. The lowest BCUT2D eigenvalue weighted by atomic mass is 9.91. The molecule has 0 spiro atoms. The summed E-state index contributed by atoms with van der Waals surface area (Å²) in [6.07, 6.45) is 5.82. The number of amides is 1. The predicted octanol–water partition coefficient (Wildman–Crippen LogP) is 2.75. The number of hydrogen-bond donors (Lipinski definition) is 1. The highest BCUT2D eigenvalue weighted by Gasteiger charge is 2.28. The van der Waals surface area contributed by atoms with Gasteiger partial charge in [-0.3, -0.25) is 10.1 Å². The zero-order valence-electron chi connectivity index (χ0n) is 13.0. The van der Waals surface area contributed by atoms with Crippen molar-refractivity contribution in [3.8, 4) is 0 Å². The minimum atomic E-state index is -0.115. The summed E-state index contributed by atoms with van der Waals surface area (Å²) in [4.78, 5) is 14.0. The highest BCUT2D eigenvalue weighted by atomic mass is 16.3. The van der Waals surface area contributed by atoms with Crippen LogP contribution in [0.3, 0.4) is 0 Å². The molecule has 1 aliphatic carbocycles. The molecule has 2 atom stereocenters. The molecule has 2 rings (SSSR count). The van der Waals surface area contributed by atoms with Crippen LogP contribution in [0.15, 0.2) is 16.7 Å². The van der Waals surface area contributed by atoms with Gasteiger partial charge in [-0.25, -0.2) is 0 Å². The van der Waals surface area contributed by atoms with Gasteiger partial charge in [0.25, 0.3) is 0 Å². The van der Waals surface area contributed by atoms with Crippen LogP contribution in [0.25, 0.3) is 0 Å². The fourth-order valence-electron chi connectivity index (χ4n) is 2.93. The third-order valence-corrected chi connectivity index (χ3v) is 3.90. The second kappa shape index (κ2) is 6.44. The Morgan fingerprint density at radius 1 is 1.50 bits per heavy atom. The number of aryl methyl sites for hydroxylation is 1. The number of nitrogens with one attached hydrogen (secondary N) is 1. The van der Waals surface area contributed by atoms with E-state index in [0.29, 0.717) is 5.92 Å². The monoisotopic (exact) mass is 278 g/mol. The van der Waals surface area contributed by atoms with Crippen LogP contribution in [-0.4, -0.2) is 30.9 Å². The summed E-state index contributed by atoms with van der Waals surface area (Å²) in [5.74, 6) is 1.73. The summed E-state index contributed by atoms with van der Waals surface area (Å²) in [6, 6.07) is 2.17. The van der Waals surface area contributed by atoms with Gasteiger partial charge < -0.3 is 9.32 Å². The minimum Gasteiger partial charge on any atom is -0.469 e. The highest BCUT2D eigenvalue weighted by molar-refractivity contribution is 5.81. The summed E-state index contributed by atoms with van der Waals surface area (Å²) < 4.78 is 5.52. The molecule has 4 nitrogen and oxygen atoms in total. The third-order valence-electron chi connectivity index (χ3n) is 3.90. The third kappa shape index (κ3) is 3.42. The molecule has 1 aromatic rings. The number of nitrogens with zero attached hydrogens (tertiary/aromatic N) is 1. The van der Waals surface area contributed by atoms with E-state index in [4.69, 9.17) is 4.42 Å². The Morgan fingerprint density at radius 2 is 2.25 bits per heavy atom. The summed E-state index contributed by atoms with van der Waals surface area (Å²) in [7, 11) is 3.64. The van der Waals surface area contributed by atoms with Crippen molar-refractivity contribution in [2.75, 3.05) is 14.1 Å². The average Bonchev–Trinajstić information content (AvgIpc) is 2.85. The number of hydrogen-bond acceptors (Lipinski definition) is 3. The van der Waals surface area contributed by atoms with Crippen molar-refractivity contribution in [1.29, 1.82) is 0 Å². The first kappa shape index (κ1) is 15.1. The quantitative estimate of drug-likeness (QED) is 0.901. The average molecular weight is 278 g/mol. The topological polar surface area (TPSA) is 45.5 Å². The molecule has 0 bridgehead atoms. The van der Waals surface area contributed by atoms with Crippen molar-refractivity contribution >= 4 is 5.91 Å². The van der Waals surface area contributed by atoms with Gasteiger partial charge in [-0.1, -0.05) is 13.8 Å². The van der Waals surface area contributed by atoms with Gasteiger partial charge in [0.2, 0.25) is 5.91 Å². The molecule has 1 heterocycles. The summed E-state index contributed by atoms with van der Waals surface area (Å²) in [6.45, 7) is 4.31. The van der Waals surface area contributed by atoms with Crippen molar-refractivity contribution in [3.05, 3.63) is 23.7 Å². The zero-order chi connectivity index (χ0) is 14.7. The smallest absolute Gasteiger partial charge is 0.239 e. The first-order chi connectivity index (χ1) is 9.49. The molecule has 1 aromatic heterocycles. The Kier molecular flexibility index (Phi) is 4.86. The molecule has 20 heavy (non-hydrogen) atoms. The van der Waals surface area contributed by atoms with E-state index in [1.807, 2.05) is 20.2 Å². The van der Waals surface area contributed by atoms with E-state index < -0.39 is 0 Å². The van der Waals surface area contributed by atoms with E-state index in [0.717, 1.165) is 31.4 Å². The van der Waals surface area contributed by atoms with E-state index in [1.165, 1.54) is 5.56 Å². The summed E-state index contributed by atoms with van der Waals surface area (Å²) >= 11 is 0. The molecular weight excluding hydrogens is 252 g/mol. The maximum absolute atomic E-state index is 12.3. The largest absolute Gasteiger partial charge is 0.469 e. The van der Waals surface area contributed by atoms with Gasteiger partial charge in [-0.15, -0.1) is 0 Å². The first-order valence-corrected chi connectivity index (χ1v) is 7.52. The van der Waals surface area contributed by atoms with Gasteiger partial charge in [0.1, 0.15) is 5.76 Å². The maximum atomic E-state index is 12.3. The second-order valence-electron chi connectivity index (χ2n) is 6.33. The molecule has 2 unspecified atom stereocenters. The van der Waals surface area contributed by atoms with Crippen LogP contribution >= 0.6 is 0 Å². The SMILES string of the molecule is CC(C)CC(NC1CCCc2occc21)C(=O)N(C)C. The number of furan rings is 1. The summed E-state index contributed by atoms with van der Waals surface area (Å²) in [5, 5.41) is 3.56. The normalized spacial score (nSPS) is 19.8. The van der Waals surface area contributed by atoms with Gasteiger partial charge in [0.05, 0.1) is 12.3 Å². The predicted molar refractivity (Wildman–Crippen MR) is 79.5 cm³/mol. The molecule has 112 valence electrons. The van der Waals surface area contributed by atoms with E-state index in [-0.39, 0.29) is 18.0 Å². The lowest BCUT2D eigenvalue weighted by Gasteiger charge is -2.30. The fourth-order valence-corrected chi connectivity index (χ4v) is 2.93. The van der Waals surface area contributed by atoms with Crippen LogP contribution in [-0.2, 0) is 11.2 Å². The molecule has 0 aromatic carbocycles. The van der Waals surface area contributed by atoms with Crippen LogP contribution < -0.4 is 5.32 Å². The van der Waals surface area contributed by atoms with Gasteiger partial charge >= 0.3 is 0 Å². The number of carbonyl (C=O) groups is 1. The van der Waals surface area contributed by atoms with E-state index >= 15 is 0 Å².